The third-order valence-corrected chi connectivity index (χ3v) is 5.73. The molecule has 6 nitrogen and oxygen atoms in total. The van der Waals surface area contributed by atoms with Crippen LogP contribution in [0.2, 0.25) is 10.0 Å². The first kappa shape index (κ1) is 21.4. The number of hydrazone groups is 1. The van der Waals surface area contributed by atoms with E-state index in [4.69, 9.17) is 23.2 Å². The molecule has 0 saturated heterocycles. The number of thioether (sulfide) groups is 1. The molecule has 1 heterocycles. The van der Waals surface area contributed by atoms with Crippen molar-refractivity contribution in [3.63, 3.8) is 0 Å². The molecule has 150 valence electrons. The van der Waals surface area contributed by atoms with Crippen LogP contribution in [0.3, 0.4) is 0 Å². The number of hydrogen-bond acceptors (Lipinski definition) is 5. The van der Waals surface area contributed by atoms with Crippen molar-refractivity contribution < 1.29 is 4.79 Å². The highest BCUT2D eigenvalue weighted by atomic mass is 35.5. The summed E-state index contributed by atoms with van der Waals surface area (Å²) in [6, 6.07) is 13.2. The predicted octanol–water partition coefficient (Wildman–Crippen LogP) is 4.82. The topological polar surface area (TPSA) is 72.2 Å². The molecule has 0 atom stereocenters. The fourth-order valence-electron chi connectivity index (χ4n) is 2.53. The Labute approximate surface area is 183 Å². The van der Waals surface area contributed by atoms with Gasteiger partial charge in [0.2, 0.25) is 0 Å². The molecule has 0 saturated carbocycles. The number of aryl methyl sites for hydroxylation is 1. The number of rotatable bonds is 7. The van der Waals surface area contributed by atoms with Crippen molar-refractivity contribution in [2.75, 3.05) is 5.75 Å². The van der Waals surface area contributed by atoms with Gasteiger partial charge in [0.15, 0.2) is 11.0 Å². The van der Waals surface area contributed by atoms with Gasteiger partial charge in [0.05, 0.1) is 22.0 Å². The monoisotopic (exact) mass is 447 g/mol. The number of carbonyl (C=O) groups excluding carboxylic acids is 1. The molecule has 1 aromatic heterocycles. The van der Waals surface area contributed by atoms with Crippen LogP contribution in [0.4, 0.5) is 0 Å². The van der Waals surface area contributed by atoms with Crippen LogP contribution >= 0.6 is 35.0 Å². The largest absolute Gasteiger partial charge is 0.302 e. The molecule has 2 aromatic carbocycles. The molecule has 0 aliphatic carbocycles. The van der Waals surface area contributed by atoms with Crippen molar-refractivity contribution >= 4 is 47.1 Å². The average molecular weight is 448 g/mol. The summed E-state index contributed by atoms with van der Waals surface area (Å²) in [6.45, 7) is 4.76. The van der Waals surface area contributed by atoms with E-state index < -0.39 is 0 Å². The summed E-state index contributed by atoms with van der Waals surface area (Å²) in [5.41, 5.74) is 5.41. The number of nitrogens with one attached hydrogen (secondary N) is 1. The van der Waals surface area contributed by atoms with Gasteiger partial charge in [-0.3, -0.25) is 4.79 Å². The maximum atomic E-state index is 12.1. The number of amides is 1. The summed E-state index contributed by atoms with van der Waals surface area (Å²) in [6.07, 6.45) is 1.51. The maximum Gasteiger partial charge on any atom is 0.250 e. The summed E-state index contributed by atoms with van der Waals surface area (Å²) >= 11 is 13.1. The molecular formula is C20H19Cl2N5OS. The Balaban J connectivity index is 1.59. The molecule has 1 N–H and O–H groups in total. The Morgan fingerprint density at radius 1 is 1.17 bits per heavy atom. The van der Waals surface area contributed by atoms with Gasteiger partial charge in [-0.1, -0.05) is 70.9 Å². The number of nitrogens with zero attached hydrogens (tertiary/aromatic N) is 4. The van der Waals surface area contributed by atoms with Crippen LogP contribution in [-0.4, -0.2) is 32.6 Å². The van der Waals surface area contributed by atoms with Crippen molar-refractivity contribution in [1.29, 1.82) is 0 Å². The van der Waals surface area contributed by atoms with Gasteiger partial charge in [0.25, 0.3) is 5.91 Å². The van der Waals surface area contributed by atoms with Gasteiger partial charge in [-0.2, -0.15) is 5.10 Å². The van der Waals surface area contributed by atoms with E-state index in [0.717, 1.165) is 17.0 Å². The van der Waals surface area contributed by atoms with Crippen molar-refractivity contribution in [2.45, 2.75) is 25.5 Å². The molecule has 3 rings (SSSR count). The van der Waals surface area contributed by atoms with Crippen LogP contribution in [0.25, 0.3) is 11.4 Å². The van der Waals surface area contributed by atoms with Crippen LogP contribution in [0.1, 0.15) is 18.1 Å². The molecule has 0 unspecified atom stereocenters. The van der Waals surface area contributed by atoms with E-state index in [1.165, 1.54) is 23.5 Å². The van der Waals surface area contributed by atoms with Crippen LogP contribution in [0, 0.1) is 6.92 Å². The fourth-order valence-corrected chi connectivity index (χ4v) is 3.63. The van der Waals surface area contributed by atoms with Crippen molar-refractivity contribution in [1.82, 2.24) is 20.2 Å². The third kappa shape index (κ3) is 5.59. The summed E-state index contributed by atoms with van der Waals surface area (Å²) in [5, 5.41) is 14.1. The zero-order chi connectivity index (χ0) is 20.8. The molecule has 3 aromatic rings. The lowest BCUT2D eigenvalue weighted by Crippen LogP contribution is -2.20. The van der Waals surface area contributed by atoms with Gasteiger partial charge in [0.1, 0.15) is 0 Å². The number of aromatic nitrogens is 3. The van der Waals surface area contributed by atoms with Crippen LogP contribution in [-0.2, 0) is 11.3 Å². The molecular weight excluding hydrogens is 429 g/mol. The zero-order valence-corrected chi connectivity index (χ0v) is 18.2. The average Bonchev–Trinajstić information content (AvgIpc) is 3.12. The molecule has 0 fully saturated rings. The van der Waals surface area contributed by atoms with E-state index >= 15 is 0 Å². The highest BCUT2D eigenvalue weighted by Gasteiger charge is 2.14. The van der Waals surface area contributed by atoms with Crippen molar-refractivity contribution in [3.05, 3.63) is 63.6 Å². The minimum absolute atomic E-state index is 0.171. The van der Waals surface area contributed by atoms with E-state index in [1.54, 1.807) is 18.2 Å². The fraction of sp³-hybridized carbons (Fsp3) is 0.200. The summed E-state index contributed by atoms with van der Waals surface area (Å²) < 4.78 is 1.99. The SMILES string of the molecule is CCn1c(SCC(=O)NN=Cc2ccc(Cl)c(Cl)c2)nnc1-c1ccc(C)cc1. The number of halogens is 2. The maximum absolute atomic E-state index is 12.1. The number of benzene rings is 2. The van der Waals surface area contributed by atoms with Gasteiger partial charge < -0.3 is 4.57 Å². The Morgan fingerprint density at radius 3 is 2.62 bits per heavy atom. The first-order chi connectivity index (χ1) is 14.0. The summed E-state index contributed by atoms with van der Waals surface area (Å²) in [5.74, 6) is 0.715. The second-order valence-electron chi connectivity index (χ2n) is 6.17. The van der Waals surface area contributed by atoms with Crippen LogP contribution in [0.15, 0.2) is 52.7 Å². The van der Waals surface area contributed by atoms with Gasteiger partial charge in [-0.25, -0.2) is 5.43 Å². The first-order valence-electron chi connectivity index (χ1n) is 8.88. The normalized spacial score (nSPS) is 11.2. The molecule has 0 aliphatic rings. The number of carbonyl (C=O) groups is 1. The molecule has 0 radical (unpaired) electrons. The predicted molar refractivity (Wildman–Crippen MR) is 119 cm³/mol. The Morgan fingerprint density at radius 2 is 1.93 bits per heavy atom. The smallest absolute Gasteiger partial charge is 0.250 e. The minimum Gasteiger partial charge on any atom is -0.302 e. The van der Waals surface area contributed by atoms with Gasteiger partial charge >= 0.3 is 0 Å². The zero-order valence-electron chi connectivity index (χ0n) is 15.9. The van der Waals surface area contributed by atoms with E-state index in [9.17, 15) is 4.79 Å². The van der Waals surface area contributed by atoms with Crippen LogP contribution in [0.5, 0.6) is 0 Å². The third-order valence-electron chi connectivity index (χ3n) is 4.02. The lowest BCUT2D eigenvalue weighted by Gasteiger charge is -2.07. The number of hydrogen-bond donors (Lipinski definition) is 1. The summed E-state index contributed by atoms with van der Waals surface area (Å²) in [7, 11) is 0. The second kappa shape index (κ2) is 9.91. The van der Waals surface area contributed by atoms with Gasteiger partial charge in [-0.15, -0.1) is 10.2 Å². The highest BCUT2D eigenvalue weighted by Crippen LogP contribution is 2.24. The standard InChI is InChI=1S/C20H19Cl2N5OS/c1-3-27-19(15-7-4-13(2)5-8-15)25-26-20(27)29-12-18(28)24-23-11-14-6-9-16(21)17(22)10-14/h4-11H,3,12H2,1-2H3,(H,24,28). The van der Waals surface area contributed by atoms with E-state index in [-0.39, 0.29) is 11.7 Å². The highest BCUT2D eigenvalue weighted by molar-refractivity contribution is 7.99. The first-order valence-corrected chi connectivity index (χ1v) is 10.6. The molecule has 0 spiro atoms. The Kier molecular flexibility index (Phi) is 7.30. The van der Waals surface area contributed by atoms with Crippen molar-refractivity contribution in [2.24, 2.45) is 5.10 Å². The van der Waals surface area contributed by atoms with Crippen LogP contribution < -0.4 is 5.43 Å². The second-order valence-corrected chi connectivity index (χ2v) is 7.93. The van der Waals surface area contributed by atoms with Gasteiger partial charge in [-0.05, 0) is 31.5 Å². The van der Waals surface area contributed by atoms with E-state index in [0.29, 0.717) is 21.7 Å². The summed E-state index contributed by atoms with van der Waals surface area (Å²) in [4.78, 5) is 12.1. The molecule has 0 aliphatic heterocycles. The lowest BCUT2D eigenvalue weighted by molar-refractivity contribution is -0.118. The van der Waals surface area contributed by atoms with E-state index in [2.05, 4.69) is 20.7 Å². The quantitative estimate of drug-likeness (QED) is 0.320. The lowest BCUT2D eigenvalue weighted by atomic mass is 10.1. The molecule has 29 heavy (non-hydrogen) atoms. The minimum atomic E-state index is -0.242. The Hall–Kier alpha value is -2.35. The van der Waals surface area contributed by atoms with E-state index in [1.807, 2.05) is 42.7 Å². The Bertz CT molecular complexity index is 1030. The van der Waals surface area contributed by atoms with Gasteiger partial charge in [0, 0.05) is 12.1 Å². The molecule has 1 amide bonds. The molecule has 9 heteroatoms. The van der Waals surface area contributed by atoms with Crippen molar-refractivity contribution in [3.8, 4) is 11.4 Å². The molecule has 0 bridgehead atoms.